The molecule has 0 unspecified atom stereocenters. The second-order valence-electron chi connectivity index (χ2n) is 3.92. The smallest absolute Gasteiger partial charge is 0.289 e. The van der Waals surface area contributed by atoms with E-state index < -0.39 is 10.4 Å². The number of ketones is 1. The standard InChI is InChI=1S/C15H12O.H2O4S/c16-15(14-9-5-2-6-10-14)12-11-13-7-3-1-4-8-13;1-5(2,3)4/h1-12H;(H2,1,2,3,4)/b12-11+;. The molecule has 0 amide bonds. The topological polar surface area (TPSA) is 91.7 Å². The zero-order valence-electron chi connectivity index (χ0n) is 11.0. The Balaban J connectivity index is 0.000000383. The van der Waals surface area contributed by atoms with Gasteiger partial charge in [0.1, 0.15) is 0 Å². The first-order valence-corrected chi connectivity index (χ1v) is 7.28. The first-order valence-electron chi connectivity index (χ1n) is 5.88. The van der Waals surface area contributed by atoms with Crippen LogP contribution in [0.15, 0.2) is 66.7 Å². The van der Waals surface area contributed by atoms with Crippen LogP contribution in [-0.4, -0.2) is 23.3 Å². The fraction of sp³-hybridized carbons (Fsp3) is 0. The summed E-state index contributed by atoms with van der Waals surface area (Å²) in [5.74, 6) is 0.0319. The van der Waals surface area contributed by atoms with Crippen LogP contribution < -0.4 is 0 Å². The Labute approximate surface area is 123 Å². The van der Waals surface area contributed by atoms with E-state index in [0.29, 0.717) is 0 Å². The van der Waals surface area contributed by atoms with Gasteiger partial charge in [0.2, 0.25) is 0 Å². The molecule has 5 nitrogen and oxygen atoms in total. The van der Waals surface area contributed by atoms with Crippen LogP contribution in [0.25, 0.3) is 6.08 Å². The molecule has 0 saturated carbocycles. The van der Waals surface area contributed by atoms with E-state index in [9.17, 15) is 4.79 Å². The van der Waals surface area contributed by atoms with Crippen molar-refractivity contribution in [2.75, 3.05) is 0 Å². The van der Waals surface area contributed by atoms with Crippen LogP contribution >= 0.6 is 0 Å². The summed E-state index contributed by atoms with van der Waals surface area (Å²) in [5.41, 5.74) is 1.75. The number of allylic oxidation sites excluding steroid dienone is 1. The van der Waals surface area contributed by atoms with E-state index in [0.717, 1.165) is 11.1 Å². The molecular formula is C15H14O5S. The van der Waals surface area contributed by atoms with Crippen molar-refractivity contribution in [3.05, 3.63) is 77.9 Å². The fourth-order valence-corrected chi connectivity index (χ4v) is 1.43. The molecular weight excluding hydrogens is 292 g/mol. The summed E-state index contributed by atoms with van der Waals surface area (Å²) >= 11 is 0. The van der Waals surface area contributed by atoms with Gasteiger partial charge in [-0.15, -0.1) is 0 Å². The monoisotopic (exact) mass is 306 g/mol. The van der Waals surface area contributed by atoms with E-state index in [4.69, 9.17) is 17.5 Å². The lowest BCUT2D eigenvalue weighted by Gasteiger charge is -1.94. The minimum absolute atomic E-state index is 0.0319. The molecule has 2 aromatic rings. The van der Waals surface area contributed by atoms with Crippen LogP contribution in [0.3, 0.4) is 0 Å². The van der Waals surface area contributed by atoms with Crippen molar-refractivity contribution in [2.24, 2.45) is 0 Å². The Bertz CT molecular complexity index is 683. The summed E-state index contributed by atoms with van der Waals surface area (Å²) in [6, 6.07) is 19.1. The number of carbonyl (C=O) groups is 1. The van der Waals surface area contributed by atoms with E-state index in [1.165, 1.54) is 0 Å². The van der Waals surface area contributed by atoms with Crippen molar-refractivity contribution in [3.63, 3.8) is 0 Å². The summed E-state index contributed by atoms with van der Waals surface area (Å²) in [4.78, 5) is 11.7. The SMILES string of the molecule is O=C(/C=C/c1ccccc1)c1ccccc1.O=S(=O)(O)O. The highest BCUT2D eigenvalue weighted by Gasteiger charge is 1.98. The zero-order valence-corrected chi connectivity index (χ0v) is 11.8. The van der Waals surface area contributed by atoms with Gasteiger partial charge in [0, 0.05) is 5.56 Å². The van der Waals surface area contributed by atoms with Gasteiger partial charge in [0.05, 0.1) is 0 Å². The van der Waals surface area contributed by atoms with Crippen LogP contribution in [0.5, 0.6) is 0 Å². The van der Waals surface area contributed by atoms with E-state index in [1.807, 2.05) is 66.7 Å². The van der Waals surface area contributed by atoms with Crippen molar-refractivity contribution < 1.29 is 22.3 Å². The van der Waals surface area contributed by atoms with Gasteiger partial charge < -0.3 is 0 Å². The summed E-state index contributed by atoms with van der Waals surface area (Å²) in [5, 5.41) is 0. The molecule has 0 aromatic heterocycles. The van der Waals surface area contributed by atoms with Crippen LogP contribution in [0, 0.1) is 0 Å². The predicted molar refractivity (Wildman–Crippen MR) is 80.4 cm³/mol. The van der Waals surface area contributed by atoms with E-state index in [2.05, 4.69) is 0 Å². The molecule has 2 aromatic carbocycles. The van der Waals surface area contributed by atoms with E-state index in [-0.39, 0.29) is 5.78 Å². The molecule has 6 heteroatoms. The van der Waals surface area contributed by atoms with Gasteiger partial charge in [-0.2, -0.15) is 8.42 Å². The fourth-order valence-electron chi connectivity index (χ4n) is 1.43. The summed E-state index contributed by atoms with van der Waals surface area (Å²) in [7, 11) is -4.67. The first kappa shape index (κ1) is 16.8. The average Bonchev–Trinajstić information content (AvgIpc) is 2.45. The lowest BCUT2D eigenvalue weighted by Crippen LogP contribution is -1.92. The molecule has 0 fully saturated rings. The third kappa shape index (κ3) is 8.48. The lowest BCUT2D eigenvalue weighted by molar-refractivity contribution is 0.104. The maximum absolute atomic E-state index is 11.7. The van der Waals surface area contributed by atoms with Crippen molar-refractivity contribution in [1.29, 1.82) is 0 Å². The highest BCUT2D eigenvalue weighted by molar-refractivity contribution is 7.79. The molecule has 2 N–H and O–H groups in total. The number of hydrogen-bond donors (Lipinski definition) is 2. The molecule has 0 aliphatic carbocycles. The third-order valence-electron chi connectivity index (χ3n) is 2.29. The molecule has 0 heterocycles. The van der Waals surface area contributed by atoms with Gasteiger partial charge in [-0.25, -0.2) is 0 Å². The quantitative estimate of drug-likeness (QED) is 0.517. The van der Waals surface area contributed by atoms with Gasteiger partial charge in [-0.1, -0.05) is 66.7 Å². The second-order valence-corrected chi connectivity index (χ2v) is 4.82. The Morgan fingerprint density at radius 3 is 1.76 bits per heavy atom. The Morgan fingerprint density at radius 1 is 0.857 bits per heavy atom. The maximum Gasteiger partial charge on any atom is 0.394 e. The highest BCUT2D eigenvalue weighted by atomic mass is 32.3. The van der Waals surface area contributed by atoms with Gasteiger partial charge in [0.25, 0.3) is 0 Å². The van der Waals surface area contributed by atoms with Gasteiger partial charge in [-0.3, -0.25) is 13.9 Å². The third-order valence-corrected chi connectivity index (χ3v) is 2.29. The summed E-state index contributed by atoms with van der Waals surface area (Å²) in [6.45, 7) is 0. The van der Waals surface area contributed by atoms with Gasteiger partial charge in [-0.05, 0) is 11.6 Å². The van der Waals surface area contributed by atoms with Crippen molar-refractivity contribution in [1.82, 2.24) is 0 Å². The maximum atomic E-state index is 11.7. The molecule has 0 bridgehead atoms. The van der Waals surface area contributed by atoms with Crippen molar-refractivity contribution in [3.8, 4) is 0 Å². The molecule has 21 heavy (non-hydrogen) atoms. The predicted octanol–water partition coefficient (Wildman–Crippen LogP) is 2.93. The summed E-state index contributed by atoms with van der Waals surface area (Å²) in [6.07, 6.45) is 3.43. The molecule has 0 aliphatic rings. The van der Waals surface area contributed by atoms with Crippen molar-refractivity contribution in [2.45, 2.75) is 0 Å². The largest absolute Gasteiger partial charge is 0.394 e. The number of benzene rings is 2. The minimum atomic E-state index is -4.67. The average molecular weight is 306 g/mol. The van der Waals surface area contributed by atoms with Gasteiger partial charge >= 0.3 is 10.4 Å². The molecule has 110 valence electrons. The number of carbonyl (C=O) groups excluding carboxylic acids is 1. The van der Waals surface area contributed by atoms with Gasteiger partial charge in [0.15, 0.2) is 5.78 Å². The first-order chi connectivity index (χ1) is 9.86. The molecule has 0 saturated heterocycles. The number of hydrogen-bond acceptors (Lipinski definition) is 3. The molecule has 0 atom stereocenters. The van der Waals surface area contributed by atoms with E-state index in [1.54, 1.807) is 6.08 Å². The van der Waals surface area contributed by atoms with Crippen LogP contribution in [0.1, 0.15) is 15.9 Å². The lowest BCUT2D eigenvalue weighted by atomic mass is 10.1. The van der Waals surface area contributed by atoms with E-state index >= 15 is 0 Å². The van der Waals surface area contributed by atoms with Crippen LogP contribution in [0.4, 0.5) is 0 Å². The molecule has 0 spiro atoms. The second kappa shape index (κ2) is 8.11. The number of rotatable bonds is 3. The Kier molecular flexibility index (Phi) is 6.48. The normalized spacial score (nSPS) is 10.8. The molecule has 0 radical (unpaired) electrons. The van der Waals surface area contributed by atoms with Crippen LogP contribution in [-0.2, 0) is 10.4 Å². The van der Waals surface area contributed by atoms with Crippen LogP contribution in [0.2, 0.25) is 0 Å². The molecule has 2 rings (SSSR count). The summed E-state index contributed by atoms with van der Waals surface area (Å²) < 4.78 is 31.6. The Hall–Kier alpha value is -2.28. The van der Waals surface area contributed by atoms with Crippen molar-refractivity contribution >= 4 is 22.3 Å². The Morgan fingerprint density at radius 2 is 1.29 bits per heavy atom. The highest BCUT2D eigenvalue weighted by Crippen LogP contribution is 2.05. The zero-order chi connectivity index (χ0) is 15.7. The molecule has 0 aliphatic heterocycles. The minimum Gasteiger partial charge on any atom is -0.289 e.